The molecule has 5 nitrogen and oxygen atoms in total. The average molecular weight is 273 g/mol. The average Bonchev–Trinajstić information content (AvgIpc) is 2.87. The summed E-state index contributed by atoms with van der Waals surface area (Å²) in [5, 5.41) is 4.44. The van der Waals surface area contributed by atoms with Gasteiger partial charge in [0.15, 0.2) is 11.5 Å². The van der Waals surface area contributed by atoms with Crippen LogP contribution >= 0.6 is 0 Å². The van der Waals surface area contributed by atoms with E-state index in [1.807, 2.05) is 29.9 Å². The molecule has 1 atom stereocenters. The normalized spacial score (nSPS) is 15.2. The number of benzene rings is 1. The molecule has 0 aliphatic carbocycles. The van der Waals surface area contributed by atoms with Crippen LogP contribution in [0.5, 0.6) is 11.5 Å². The molecule has 20 heavy (non-hydrogen) atoms. The molecule has 1 aromatic heterocycles. The van der Waals surface area contributed by atoms with Gasteiger partial charge in [-0.3, -0.25) is 4.68 Å². The molecule has 0 saturated carbocycles. The predicted octanol–water partition coefficient (Wildman–Crippen LogP) is 1.80. The second kappa shape index (κ2) is 5.17. The highest BCUT2D eigenvalue weighted by Crippen LogP contribution is 2.33. The van der Waals surface area contributed by atoms with Crippen molar-refractivity contribution in [2.24, 2.45) is 12.8 Å². The summed E-state index contributed by atoms with van der Waals surface area (Å²) in [5.41, 5.74) is 9.41. The summed E-state index contributed by atoms with van der Waals surface area (Å²) in [4.78, 5) is 0. The monoisotopic (exact) mass is 273 g/mol. The van der Waals surface area contributed by atoms with Gasteiger partial charge in [-0.2, -0.15) is 5.10 Å². The van der Waals surface area contributed by atoms with Gasteiger partial charge in [0, 0.05) is 7.05 Å². The summed E-state index contributed by atoms with van der Waals surface area (Å²) in [6.45, 7) is 3.26. The first-order chi connectivity index (χ1) is 9.69. The van der Waals surface area contributed by atoms with Crippen LogP contribution in [0.4, 0.5) is 0 Å². The fraction of sp³-hybridized carbons (Fsp3) is 0.400. The van der Waals surface area contributed by atoms with E-state index in [-0.39, 0.29) is 6.04 Å². The number of aryl methyl sites for hydroxylation is 2. The summed E-state index contributed by atoms with van der Waals surface area (Å²) in [6, 6.07) is 7.69. The molecule has 0 saturated heterocycles. The van der Waals surface area contributed by atoms with Crippen molar-refractivity contribution in [1.29, 1.82) is 0 Å². The first kappa shape index (κ1) is 13.0. The van der Waals surface area contributed by atoms with Crippen LogP contribution in [-0.2, 0) is 13.5 Å². The molecule has 2 N–H and O–H groups in total. The van der Waals surface area contributed by atoms with E-state index in [1.54, 1.807) is 0 Å². The van der Waals surface area contributed by atoms with Gasteiger partial charge in [0.25, 0.3) is 0 Å². The number of hydrogen-bond donors (Lipinski definition) is 1. The molecule has 0 bridgehead atoms. The van der Waals surface area contributed by atoms with E-state index in [2.05, 4.69) is 18.1 Å². The minimum Gasteiger partial charge on any atom is -0.486 e. The second-order valence-electron chi connectivity index (χ2n) is 4.92. The van der Waals surface area contributed by atoms with Crippen LogP contribution in [-0.4, -0.2) is 23.0 Å². The lowest BCUT2D eigenvalue weighted by molar-refractivity contribution is 0.171. The molecule has 3 rings (SSSR count). The molecule has 1 aromatic carbocycles. The maximum atomic E-state index is 6.36. The maximum absolute atomic E-state index is 6.36. The third kappa shape index (κ3) is 2.25. The van der Waals surface area contributed by atoms with Crippen LogP contribution < -0.4 is 15.2 Å². The summed E-state index contributed by atoms with van der Waals surface area (Å²) < 4.78 is 13.0. The summed E-state index contributed by atoms with van der Waals surface area (Å²) in [6.07, 6.45) is 0.904. The molecule has 0 spiro atoms. The third-order valence-corrected chi connectivity index (χ3v) is 3.57. The van der Waals surface area contributed by atoms with E-state index in [9.17, 15) is 0 Å². The van der Waals surface area contributed by atoms with Gasteiger partial charge in [-0.05, 0) is 30.2 Å². The number of nitrogens with two attached hydrogens (primary N) is 1. The van der Waals surface area contributed by atoms with Crippen molar-refractivity contribution in [3.05, 3.63) is 41.2 Å². The van der Waals surface area contributed by atoms with Crippen molar-refractivity contribution < 1.29 is 9.47 Å². The Morgan fingerprint density at radius 2 is 2.00 bits per heavy atom. The molecule has 1 unspecified atom stereocenters. The van der Waals surface area contributed by atoms with Crippen LogP contribution in [0, 0.1) is 0 Å². The van der Waals surface area contributed by atoms with Gasteiger partial charge in [-0.25, -0.2) is 0 Å². The lowest BCUT2D eigenvalue weighted by atomic mass is 10.0. The SMILES string of the molecule is CCc1cc(C(N)c2ccc3c(c2)OCCO3)n(C)n1. The molecule has 0 amide bonds. The van der Waals surface area contributed by atoms with Crippen molar-refractivity contribution in [2.45, 2.75) is 19.4 Å². The Bertz CT molecular complexity index is 622. The van der Waals surface area contributed by atoms with Gasteiger partial charge >= 0.3 is 0 Å². The Morgan fingerprint density at radius 3 is 2.70 bits per heavy atom. The standard InChI is InChI=1S/C15H19N3O2/c1-3-11-9-12(18(2)17-11)15(16)10-4-5-13-14(8-10)20-7-6-19-13/h4-5,8-9,15H,3,6-7,16H2,1-2H3. The molecule has 5 heteroatoms. The molecule has 106 valence electrons. The highest BCUT2D eigenvalue weighted by molar-refractivity contribution is 5.46. The molecule has 2 heterocycles. The van der Waals surface area contributed by atoms with Gasteiger partial charge in [-0.1, -0.05) is 13.0 Å². The van der Waals surface area contributed by atoms with Gasteiger partial charge in [-0.15, -0.1) is 0 Å². The third-order valence-electron chi connectivity index (χ3n) is 3.57. The van der Waals surface area contributed by atoms with Gasteiger partial charge < -0.3 is 15.2 Å². The Labute approximate surface area is 118 Å². The number of rotatable bonds is 3. The van der Waals surface area contributed by atoms with Crippen molar-refractivity contribution in [3.8, 4) is 11.5 Å². The van der Waals surface area contributed by atoms with Gasteiger partial charge in [0.1, 0.15) is 13.2 Å². The number of nitrogens with zero attached hydrogens (tertiary/aromatic N) is 2. The Balaban J connectivity index is 1.93. The minimum atomic E-state index is -0.219. The maximum Gasteiger partial charge on any atom is 0.161 e. The number of aromatic nitrogens is 2. The van der Waals surface area contributed by atoms with Crippen LogP contribution in [0.15, 0.2) is 24.3 Å². The van der Waals surface area contributed by atoms with Crippen LogP contribution in [0.1, 0.15) is 29.9 Å². The molecule has 0 radical (unpaired) electrons. The van der Waals surface area contributed by atoms with E-state index >= 15 is 0 Å². The number of ether oxygens (including phenoxy) is 2. The molecule has 2 aromatic rings. The summed E-state index contributed by atoms with van der Waals surface area (Å²) in [7, 11) is 1.92. The van der Waals surface area contributed by atoms with Crippen LogP contribution in [0.25, 0.3) is 0 Å². The molecular formula is C15H19N3O2. The minimum absolute atomic E-state index is 0.219. The van der Waals surface area contributed by atoms with E-state index in [1.165, 1.54) is 0 Å². The van der Waals surface area contributed by atoms with E-state index in [4.69, 9.17) is 15.2 Å². The highest BCUT2D eigenvalue weighted by atomic mass is 16.6. The smallest absolute Gasteiger partial charge is 0.161 e. The fourth-order valence-electron chi connectivity index (χ4n) is 2.43. The fourth-order valence-corrected chi connectivity index (χ4v) is 2.43. The van der Waals surface area contributed by atoms with Crippen molar-refractivity contribution in [2.75, 3.05) is 13.2 Å². The Hall–Kier alpha value is -2.01. The molecular weight excluding hydrogens is 254 g/mol. The summed E-state index contributed by atoms with van der Waals surface area (Å²) >= 11 is 0. The van der Waals surface area contributed by atoms with Gasteiger partial charge in [0.2, 0.25) is 0 Å². The molecule has 0 fully saturated rings. The second-order valence-corrected chi connectivity index (χ2v) is 4.92. The van der Waals surface area contributed by atoms with Crippen LogP contribution in [0.2, 0.25) is 0 Å². The first-order valence-electron chi connectivity index (χ1n) is 6.87. The van der Waals surface area contributed by atoms with E-state index in [0.29, 0.717) is 13.2 Å². The number of hydrogen-bond acceptors (Lipinski definition) is 4. The summed E-state index contributed by atoms with van der Waals surface area (Å²) in [5.74, 6) is 1.55. The van der Waals surface area contributed by atoms with Crippen LogP contribution in [0.3, 0.4) is 0 Å². The first-order valence-corrected chi connectivity index (χ1v) is 6.87. The zero-order valence-corrected chi connectivity index (χ0v) is 11.8. The van der Waals surface area contributed by atoms with Crippen molar-refractivity contribution in [1.82, 2.24) is 9.78 Å². The van der Waals surface area contributed by atoms with Gasteiger partial charge in [0.05, 0.1) is 17.4 Å². The topological polar surface area (TPSA) is 62.3 Å². The Kier molecular flexibility index (Phi) is 3.36. The quantitative estimate of drug-likeness (QED) is 0.926. The van der Waals surface area contributed by atoms with E-state index < -0.39 is 0 Å². The van der Waals surface area contributed by atoms with Crippen molar-refractivity contribution in [3.63, 3.8) is 0 Å². The highest BCUT2D eigenvalue weighted by Gasteiger charge is 2.18. The lowest BCUT2D eigenvalue weighted by Crippen LogP contribution is -2.18. The van der Waals surface area contributed by atoms with E-state index in [0.717, 1.165) is 34.9 Å². The number of fused-ring (bicyclic) bond motifs is 1. The zero-order chi connectivity index (χ0) is 14.1. The Morgan fingerprint density at radius 1 is 1.25 bits per heavy atom. The largest absolute Gasteiger partial charge is 0.486 e. The molecule has 1 aliphatic rings. The predicted molar refractivity (Wildman–Crippen MR) is 76.0 cm³/mol. The van der Waals surface area contributed by atoms with Crippen molar-refractivity contribution >= 4 is 0 Å². The lowest BCUT2D eigenvalue weighted by Gasteiger charge is -2.20. The zero-order valence-electron chi connectivity index (χ0n) is 11.8. The molecule has 1 aliphatic heterocycles.